The zero-order valence-corrected chi connectivity index (χ0v) is 17.6. The minimum Gasteiger partial charge on any atom is -0.452 e. The Morgan fingerprint density at radius 2 is 1.76 bits per heavy atom. The van der Waals surface area contributed by atoms with Crippen molar-refractivity contribution in [2.45, 2.75) is 20.8 Å². The summed E-state index contributed by atoms with van der Waals surface area (Å²) in [5, 5.41) is 8.01. The molecule has 0 aliphatic rings. The van der Waals surface area contributed by atoms with Crippen LogP contribution in [0.25, 0.3) is 5.69 Å². The molecule has 0 saturated heterocycles. The van der Waals surface area contributed by atoms with Gasteiger partial charge in [-0.25, -0.2) is 9.48 Å². The lowest BCUT2D eigenvalue weighted by Gasteiger charge is -2.09. The number of nitrogens with one attached hydrogen (secondary N) is 1. The van der Waals surface area contributed by atoms with Crippen LogP contribution < -0.4 is 5.32 Å². The molecule has 0 fully saturated rings. The molecule has 0 atom stereocenters. The van der Waals surface area contributed by atoms with Crippen molar-refractivity contribution in [3.05, 3.63) is 75.0 Å². The third-order valence-corrected chi connectivity index (χ3v) is 5.14. The molecule has 1 heterocycles. The van der Waals surface area contributed by atoms with Crippen molar-refractivity contribution in [2.24, 2.45) is 0 Å². The molecular weight excluding hydrogens is 413 g/mol. The van der Waals surface area contributed by atoms with Gasteiger partial charge in [0.05, 0.1) is 38.4 Å². The number of aryl methyl sites for hydroxylation is 2. The predicted molar refractivity (Wildman–Crippen MR) is 113 cm³/mol. The number of rotatable bonds is 5. The Bertz CT molecular complexity index is 1080. The SMILES string of the molecule is Cc1ccc(NC(=O)COC(=O)c2ccc(-n3nc(C)c(Cl)c3C)cc2)c(Cl)c1. The molecule has 8 heteroatoms. The summed E-state index contributed by atoms with van der Waals surface area (Å²) >= 11 is 12.3. The van der Waals surface area contributed by atoms with Gasteiger partial charge in [0.15, 0.2) is 6.61 Å². The van der Waals surface area contributed by atoms with Crippen LogP contribution in [0.2, 0.25) is 10.0 Å². The molecule has 3 rings (SSSR count). The van der Waals surface area contributed by atoms with Crippen LogP contribution in [-0.4, -0.2) is 28.3 Å². The van der Waals surface area contributed by atoms with Crippen LogP contribution in [-0.2, 0) is 9.53 Å². The minimum atomic E-state index is -0.604. The smallest absolute Gasteiger partial charge is 0.338 e. The molecule has 0 aliphatic heterocycles. The first kappa shape index (κ1) is 20.9. The topological polar surface area (TPSA) is 73.2 Å². The third kappa shape index (κ3) is 4.78. The van der Waals surface area contributed by atoms with Crippen molar-refractivity contribution >= 4 is 40.8 Å². The highest BCUT2D eigenvalue weighted by Gasteiger charge is 2.14. The molecular formula is C21H19Cl2N3O3. The summed E-state index contributed by atoms with van der Waals surface area (Å²) < 4.78 is 6.78. The number of nitrogens with zero attached hydrogens (tertiary/aromatic N) is 2. The Morgan fingerprint density at radius 1 is 1.07 bits per heavy atom. The lowest BCUT2D eigenvalue weighted by Crippen LogP contribution is -2.21. The van der Waals surface area contributed by atoms with Crippen molar-refractivity contribution in [3.63, 3.8) is 0 Å². The monoisotopic (exact) mass is 431 g/mol. The van der Waals surface area contributed by atoms with Crippen molar-refractivity contribution in [1.29, 1.82) is 0 Å². The van der Waals surface area contributed by atoms with Gasteiger partial charge >= 0.3 is 5.97 Å². The number of anilines is 1. The second-order valence-corrected chi connectivity index (χ2v) is 7.34. The van der Waals surface area contributed by atoms with E-state index in [9.17, 15) is 9.59 Å². The summed E-state index contributed by atoms with van der Waals surface area (Å²) in [5.41, 5.74) is 4.07. The number of hydrogen-bond donors (Lipinski definition) is 1. The van der Waals surface area contributed by atoms with E-state index in [-0.39, 0.29) is 0 Å². The molecule has 0 unspecified atom stereocenters. The van der Waals surface area contributed by atoms with Crippen LogP contribution in [0.3, 0.4) is 0 Å². The molecule has 6 nitrogen and oxygen atoms in total. The number of carbonyl (C=O) groups is 2. The molecule has 2 aromatic carbocycles. The highest BCUT2D eigenvalue weighted by Crippen LogP contribution is 2.23. The number of hydrogen-bond acceptors (Lipinski definition) is 4. The van der Waals surface area contributed by atoms with Gasteiger partial charge in [0.2, 0.25) is 0 Å². The van der Waals surface area contributed by atoms with Gasteiger partial charge in [-0.1, -0.05) is 29.3 Å². The van der Waals surface area contributed by atoms with Gasteiger partial charge in [-0.2, -0.15) is 5.10 Å². The van der Waals surface area contributed by atoms with Gasteiger partial charge in [-0.3, -0.25) is 4.79 Å². The highest BCUT2D eigenvalue weighted by molar-refractivity contribution is 6.33. The molecule has 0 radical (unpaired) electrons. The molecule has 3 aromatic rings. The Labute approximate surface area is 178 Å². The molecule has 0 bridgehead atoms. The first-order chi connectivity index (χ1) is 13.8. The number of amides is 1. The Morgan fingerprint density at radius 3 is 2.34 bits per heavy atom. The summed E-state index contributed by atoms with van der Waals surface area (Å²) in [5.74, 6) is -1.08. The lowest BCUT2D eigenvalue weighted by atomic mass is 10.2. The second kappa shape index (κ2) is 8.68. The summed E-state index contributed by atoms with van der Waals surface area (Å²) in [4.78, 5) is 24.2. The Balaban J connectivity index is 1.60. The minimum absolute atomic E-state index is 0.322. The van der Waals surface area contributed by atoms with Crippen molar-refractivity contribution in [3.8, 4) is 5.69 Å². The van der Waals surface area contributed by atoms with E-state index in [2.05, 4.69) is 10.4 Å². The second-order valence-electron chi connectivity index (χ2n) is 6.55. The van der Waals surface area contributed by atoms with E-state index in [4.69, 9.17) is 27.9 Å². The lowest BCUT2D eigenvalue weighted by molar-refractivity contribution is -0.119. The van der Waals surface area contributed by atoms with E-state index < -0.39 is 18.5 Å². The Kier molecular flexibility index (Phi) is 6.25. The Hall–Kier alpha value is -2.83. The fourth-order valence-electron chi connectivity index (χ4n) is 2.74. The first-order valence-electron chi connectivity index (χ1n) is 8.81. The van der Waals surface area contributed by atoms with Gasteiger partial charge in [0.25, 0.3) is 5.91 Å². The van der Waals surface area contributed by atoms with Crippen LogP contribution >= 0.6 is 23.2 Å². The van der Waals surface area contributed by atoms with E-state index in [1.54, 1.807) is 41.1 Å². The maximum atomic E-state index is 12.2. The van der Waals surface area contributed by atoms with Gasteiger partial charge in [0, 0.05) is 0 Å². The van der Waals surface area contributed by atoms with Crippen LogP contribution in [0.4, 0.5) is 5.69 Å². The molecule has 0 spiro atoms. The summed E-state index contributed by atoms with van der Waals surface area (Å²) in [6.45, 7) is 5.17. The molecule has 1 N–H and O–H groups in total. The van der Waals surface area contributed by atoms with E-state index in [1.165, 1.54) is 0 Å². The third-order valence-electron chi connectivity index (χ3n) is 4.28. The van der Waals surface area contributed by atoms with Gasteiger partial charge < -0.3 is 10.1 Å². The maximum absolute atomic E-state index is 12.2. The molecule has 150 valence electrons. The normalized spacial score (nSPS) is 10.7. The maximum Gasteiger partial charge on any atom is 0.338 e. The largest absolute Gasteiger partial charge is 0.452 e. The zero-order chi connectivity index (χ0) is 21.1. The fourth-order valence-corrected chi connectivity index (χ4v) is 3.14. The number of carbonyl (C=O) groups excluding carboxylic acids is 2. The van der Waals surface area contributed by atoms with Crippen LogP contribution in [0.1, 0.15) is 27.3 Å². The quantitative estimate of drug-likeness (QED) is 0.582. The highest BCUT2D eigenvalue weighted by atomic mass is 35.5. The standard InChI is InChI=1S/C21H19Cl2N3O3/c1-12-4-9-18(17(22)10-12)24-19(27)11-29-21(28)15-5-7-16(8-6-15)26-14(3)20(23)13(2)25-26/h4-10H,11H2,1-3H3,(H,24,27). The van der Waals surface area contributed by atoms with Crippen LogP contribution in [0.5, 0.6) is 0 Å². The van der Waals surface area contributed by atoms with Gasteiger partial charge in [-0.05, 0) is 62.7 Å². The summed E-state index contributed by atoms with van der Waals surface area (Å²) in [6, 6.07) is 11.9. The molecule has 29 heavy (non-hydrogen) atoms. The van der Waals surface area contributed by atoms with Gasteiger partial charge in [0.1, 0.15) is 0 Å². The van der Waals surface area contributed by atoms with Crippen molar-refractivity contribution in [1.82, 2.24) is 9.78 Å². The van der Waals surface area contributed by atoms with Crippen molar-refractivity contribution in [2.75, 3.05) is 11.9 Å². The van der Waals surface area contributed by atoms with Gasteiger partial charge in [-0.15, -0.1) is 0 Å². The molecule has 0 saturated carbocycles. The fraction of sp³-hybridized carbons (Fsp3) is 0.190. The van der Waals surface area contributed by atoms with Crippen molar-refractivity contribution < 1.29 is 14.3 Å². The number of benzene rings is 2. The number of esters is 1. The van der Waals surface area contributed by atoms with Crippen LogP contribution in [0, 0.1) is 20.8 Å². The first-order valence-corrected chi connectivity index (χ1v) is 9.57. The number of halogens is 2. The molecule has 1 aromatic heterocycles. The van der Waals surface area contributed by atoms with E-state index in [0.717, 1.165) is 22.6 Å². The molecule has 1 amide bonds. The molecule has 0 aliphatic carbocycles. The van der Waals surface area contributed by atoms with E-state index in [1.807, 2.05) is 26.8 Å². The van der Waals surface area contributed by atoms with E-state index >= 15 is 0 Å². The predicted octanol–water partition coefficient (Wildman–Crippen LogP) is 4.90. The van der Waals surface area contributed by atoms with Crippen LogP contribution in [0.15, 0.2) is 42.5 Å². The zero-order valence-electron chi connectivity index (χ0n) is 16.1. The summed E-state index contributed by atoms with van der Waals surface area (Å²) in [7, 11) is 0. The van der Waals surface area contributed by atoms with E-state index in [0.29, 0.717) is 21.3 Å². The average Bonchev–Trinajstić information content (AvgIpc) is 2.96. The summed E-state index contributed by atoms with van der Waals surface area (Å²) in [6.07, 6.45) is 0. The number of ether oxygens (including phenoxy) is 1. The number of aromatic nitrogens is 2. The average molecular weight is 432 g/mol.